The van der Waals surface area contributed by atoms with Gasteiger partial charge in [0.05, 0.1) is 25.3 Å². The number of ether oxygens (including phenoxy) is 3. The number of carboxylic acid groups (broad SMARTS) is 1. The summed E-state index contributed by atoms with van der Waals surface area (Å²) in [6, 6.07) is 9.39. The first-order valence-corrected chi connectivity index (χ1v) is 7.07. The van der Waals surface area contributed by atoms with Gasteiger partial charge in [-0.1, -0.05) is 6.07 Å². The standard InChI is InChI=1S/C18H14O6/c1-22-14-5-3-10(7-15(14)23-2)8-16-17(19)12-9-11(18(20)21)4-6-13(12)24-16/h3-9H,1-2H3,(H,20,21). The molecule has 0 atom stereocenters. The minimum atomic E-state index is -1.09. The lowest BCUT2D eigenvalue weighted by Crippen LogP contribution is -2.00. The maximum atomic E-state index is 12.4. The molecular formula is C18H14O6. The largest absolute Gasteiger partial charge is 0.493 e. The molecule has 1 N–H and O–H groups in total. The van der Waals surface area contributed by atoms with Crippen LogP contribution in [0.25, 0.3) is 6.08 Å². The Bertz CT molecular complexity index is 866. The summed E-state index contributed by atoms with van der Waals surface area (Å²) >= 11 is 0. The Hall–Kier alpha value is -3.28. The van der Waals surface area contributed by atoms with Crippen LogP contribution in [0.4, 0.5) is 0 Å². The van der Waals surface area contributed by atoms with Gasteiger partial charge >= 0.3 is 5.97 Å². The molecule has 1 heterocycles. The van der Waals surface area contributed by atoms with Gasteiger partial charge in [-0.25, -0.2) is 4.79 Å². The molecule has 24 heavy (non-hydrogen) atoms. The summed E-state index contributed by atoms with van der Waals surface area (Å²) in [7, 11) is 3.06. The number of benzene rings is 2. The van der Waals surface area contributed by atoms with Crippen molar-refractivity contribution in [1.29, 1.82) is 0 Å². The first-order valence-electron chi connectivity index (χ1n) is 7.07. The number of carbonyl (C=O) groups is 2. The van der Waals surface area contributed by atoms with Gasteiger partial charge in [0.25, 0.3) is 0 Å². The van der Waals surface area contributed by atoms with Crippen molar-refractivity contribution in [2.24, 2.45) is 0 Å². The van der Waals surface area contributed by atoms with Crippen LogP contribution in [0, 0.1) is 0 Å². The van der Waals surface area contributed by atoms with Crippen molar-refractivity contribution in [3.63, 3.8) is 0 Å². The van der Waals surface area contributed by atoms with Crippen LogP contribution in [0.1, 0.15) is 26.3 Å². The molecule has 0 amide bonds. The second-order valence-electron chi connectivity index (χ2n) is 5.07. The summed E-state index contributed by atoms with van der Waals surface area (Å²) in [6.07, 6.45) is 1.57. The number of hydrogen-bond donors (Lipinski definition) is 1. The second kappa shape index (κ2) is 6.08. The van der Waals surface area contributed by atoms with E-state index in [9.17, 15) is 9.59 Å². The van der Waals surface area contributed by atoms with E-state index in [4.69, 9.17) is 19.3 Å². The van der Waals surface area contributed by atoms with Gasteiger partial charge in [-0.2, -0.15) is 0 Å². The quantitative estimate of drug-likeness (QED) is 0.870. The van der Waals surface area contributed by atoms with Crippen LogP contribution in [0.2, 0.25) is 0 Å². The van der Waals surface area contributed by atoms with Crippen molar-refractivity contribution < 1.29 is 28.9 Å². The Labute approximate surface area is 137 Å². The van der Waals surface area contributed by atoms with E-state index in [0.717, 1.165) is 0 Å². The highest BCUT2D eigenvalue weighted by atomic mass is 16.5. The van der Waals surface area contributed by atoms with Crippen molar-refractivity contribution >= 4 is 17.8 Å². The van der Waals surface area contributed by atoms with E-state index in [1.54, 1.807) is 24.3 Å². The highest BCUT2D eigenvalue weighted by molar-refractivity contribution is 6.15. The molecule has 0 radical (unpaired) electrons. The number of fused-ring (bicyclic) bond motifs is 1. The Balaban J connectivity index is 1.95. The Kier molecular flexibility index (Phi) is 3.95. The molecule has 0 spiro atoms. The molecule has 0 bridgehead atoms. The fourth-order valence-electron chi connectivity index (χ4n) is 2.42. The van der Waals surface area contributed by atoms with Crippen molar-refractivity contribution in [1.82, 2.24) is 0 Å². The van der Waals surface area contributed by atoms with Gasteiger partial charge in [-0.15, -0.1) is 0 Å². The summed E-state index contributed by atoms with van der Waals surface area (Å²) in [6.45, 7) is 0. The van der Waals surface area contributed by atoms with Crippen LogP contribution < -0.4 is 14.2 Å². The highest BCUT2D eigenvalue weighted by Gasteiger charge is 2.28. The molecule has 6 nitrogen and oxygen atoms in total. The van der Waals surface area contributed by atoms with Crippen LogP contribution >= 0.6 is 0 Å². The van der Waals surface area contributed by atoms with E-state index < -0.39 is 5.97 Å². The number of rotatable bonds is 4. The normalized spacial score (nSPS) is 14.2. The zero-order chi connectivity index (χ0) is 17.3. The van der Waals surface area contributed by atoms with Crippen LogP contribution in [-0.2, 0) is 0 Å². The number of carbonyl (C=O) groups excluding carboxylic acids is 1. The maximum Gasteiger partial charge on any atom is 0.335 e. The molecule has 1 aliphatic heterocycles. The van der Waals surface area contributed by atoms with Crippen LogP contribution in [0.3, 0.4) is 0 Å². The van der Waals surface area contributed by atoms with E-state index in [1.807, 2.05) is 0 Å². The van der Waals surface area contributed by atoms with Crippen molar-refractivity contribution in [3.05, 3.63) is 58.8 Å². The molecule has 3 rings (SSSR count). The zero-order valence-electron chi connectivity index (χ0n) is 13.0. The molecule has 0 saturated heterocycles. The third kappa shape index (κ3) is 2.69. The fourth-order valence-corrected chi connectivity index (χ4v) is 2.42. The number of hydrogen-bond acceptors (Lipinski definition) is 5. The van der Waals surface area contributed by atoms with E-state index in [1.165, 1.54) is 32.4 Å². The van der Waals surface area contributed by atoms with Gasteiger partial charge in [0.15, 0.2) is 17.3 Å². The lowest BCUT2D eigenvalue weighted by Gasteiger charge is -2.08. The molecule has 0 saturated carbocycles. The van der Waals surface area contributed by atoms with Gasteiger partial charge in [-0.05, 0) is 42.0 Å². The Morgan fingerprint density at radius 1 is 1.08 bits per heavy atom. The van der Waals surface area contributed by atoms with Gasteiger partial charge in [0.1, 0.15) is 5.75 Å². The second-order valence-corrected chi connectivity index (χ2v) is 5.07. The third-order valence-corrected chi connectivity index (χ3v) is 3.62. The molecule has 1 aliphatic rings. The lowest BCUT2D eigenvalue weighted by atomic mass is 10.1. The molecule has 0 aromatic heterocycles. The van der Waals surface area contributed by atoms with Crippen molar-refractivity contribution in [2.45, 2.75) is 0 Å². The van der Waals surface area contributed by atoms with Gasteiger partial charge in [0.2, 0.25) is 5.78 Å². The lowest BCUT2D eigenvalue weighted by molar-refractivity contribution is 0.0697. The average molecular weight is 326 g/mol. The Morgan fingerprint density at radius 2 is 1.83 bits per heavy atom. The number of aromatic carboxylic acids is 1. The van der Waals surface area contributed by atoms with Gasteiger partial charge in [-0.3, -0.25) is 4.79 Å². The number of allylic oxidation sites excluding steroid dienone is 1. The van der Waals surface area contributed by atoms with Crippen molar-refractivity contribution in [3.8, 4) is 17.2 Å². The summed E-state index contributed by atoms with van der Waals surface area (Å²) in [5.41, 5.74) is 0.974. The number of carboxylic acids is 1. The fraction of sp³-hybridized carbons (Fsp3) is 0.111. The van der Waals surface area contributed by atoms with Crippen LogP contribution in [-0.4, -0.2) is 31.1 Å². The van der Waals surface area contributed by atoms with E-state index in [-0.39, 0.29) is 22.7 Å². The summed E-state index contributed by atoms with van der Waals surface area (Å²) in [5, 5.41) is 9.02. The molecule has 2 aromatic rings. The molecular weight excluding hydrogens is 312 g/mol. The highest BCUT2D eigenvalue weighted by Crippen LogP contribution is 2.34. The van der Waals surface area contributed by atoms with Crippen LogP contribution in [0.5, 0.6) is 17.2 Å². The maximum absolute atomic E-state index is 12.4. The minimum Gasteiger partial charge on any atom is -0.493 e. The molecule has 0 unspecified atom stereocenters. The van der Waals surface area contributed by atoms with Crippen molar-refractivity contribution in [2.75, 3.05) is 14.2 Å². The van der Waals surface area contributed by atoms with E-state index in [2.05, 4.69) is 0 Å². The zero-order valence-corrected chi connectivity index (χ0v) is 13.0. The van der Waals surface area contributed by atoms with Gasteiger partial charge in [0, 0.05) is 0 Å². The molecule has 0 fully saturated rings. The Morgan fingerprint density at radius 3 is 2.50 bits per heavy atom. The molecule has 6 heteroatoms. The SMILES string of the molecule is COc1ccc(C=C2Oc3ccc(C(=O)O)cc3C2=O)cc1OC. The first-order chi connectivity index (χ1) is 11.5. The predicted octanol–water partition coefficient (Wildman–Crippen LogP) is 3.02. The predicted molar refractivity (Wildman–Crippen MR) is 85.9 cm³/mol. The molecule has 2 aromatic carbocycles. The monoisotopic (exact) mass is 326 g/mol. The third-order valence-electron chi connectivity index (χ3n) is 3.62. The number of ketones is 1. The summed E-state index contributed by atoms with van der Waals surface area (Å²) in [5.74, 6) is 0.123. The number of methoxy groups -OCH3 is 2. The molecule has 0 aliphatic carbocycles. The number of Topliss-reactive ketones (excluding diaryl/α,β-unsaturated/α-hetero) is 1. The average Bonchev–Trinajstić information content (AvgIpc) is 2.90. The summed E-state index contributed by atoms with van der Waals surface area (Å²) < 4.78 is 15.9. The summed E-state index contributed by atoms with van der Waals surface area (Å²) in [4.78, 5) is 23.4. The smallest absolute Gasteiger partial charge is 0.335 e. The van der Waals surface area contributed by atoms with E-state index >= 15 is 0 Å². The van der Waals surface area contributed by atoms with E-state index in [0.29, 0.717) is 22.8 Å². The topological polar surface area (TPSA) is 82.1 Å². The first kappa shape index (κ1) is 15.6. The molecule has 122 valence electrons. The minimum absolute atomic E-state index is 0.0399. The van der Waals surface area contributed by atoms with Gasteiger partial charge < -0.3 is 19.3 Å². The van der Waals surface area contributed by atoms with Crippen LogP contribution in [0.15, 0.2) is 42.2 Å².